The zero-order valence-corrected chi connectivity index (χ0v) is 8.24. The van der Waals surface area contributed by atoms with Crippen LogP contribution in [0.2, 0.25) is 0 Å². The molecule has 0 aliphatic rings. The van der Waals surface area contributed by atoms with Crippen LogP contribution in [0.5, 0.6) is 0 Å². The van der Waals surface area contributed by atoms with Gasteiger partial charge in [0.1, 0.15) is 20.1 Å². The number of halogens is 1. The molecule has 76 valence electrons. The van der Waals surface area contributed by atoms with Crippen molar-refractivity contribution in [2.24, 2.45) is 0 Å². The zero-order valence-electron chi connectivity index (χ0n) is 8.24. The summed E-state index contributed by atoms with van der Waals surface area (Å²) in [4.78, 5) is 0. The van der Waals surface area contributed by atoms with Crippen LogP contribution >= 0.6 is 0 Å². The van der Waals surface area contributed by atoms with Crippen LogP contribution in [-0.2, 0) is 9.47 Å². The fourth-order valence-electron chi connectivity index (χ4n) is 0.767. The normalized spacial score (nSPS) is 20.7. The number of methoxy groups -OCH3 is 1. The molecule has 0 fully saturated rings. The van der Waals surface area contributed by atoms with Crippen LogP contribution < -0.4 is 0 Å². The first kappa shape index (κ1) is 12.9. The zero-order chi connectivity index (χ0) is 10.4. The lowest BCUT2D eigenvalue weighted by Crippen LogP contribution is -2.38. The summed E-state index contributed by atoms with van der Waals surface area (Å²) in [6, 6.07) is -1.02. The molecule has 0 aromatic carbocycles. The van der Waals surface area contributed by atoms with Gasteiger partial charge in [0.25, 0.3) is 0 Å². The third-order valence-corrected chi connectivity index (χ3v) is 1.65. The highest BCUT2D eigenvalue weighted by Gasteiger charge is 2.21. The van der Waals surface area contributed by atoms with Gasteiger partial charge in [-0.2, -0.15) is 0 Å². The second-order valence-electron chi connectivity index (χ2n) is 3.01. The lowest BCUT2D eigenvalue weighted by molar-refractivity contribution is -0.0901. The van der Waals surface area contributed by atoms with Gasteiger partial charge in [0.05, 0.1) is 12.7 Å². The van der Waals surface area contributed by atoms with Gasteiger partial charge in [-0.15, -0.1) is 0 Å². The number of alkyl halides is 1. The summed E-state index contributed by atoms with van der Waals surface area (Å²) in [7, 11) is 6.80. The standard InChI is InChI=1S/C8H16BFO3/c1-5(10)8(9)13-7(4-12-3)6(2)11/h5-8,11H,4H2,1-3H3/t5-,6+,7+,8?/m0/s1. The average molecular weight is 190 g/mol. The first-order chi connectivity index (χ1) is 5.99. The van der Waals surface area contributed by atoms with E-state index >= 15 is 0 Å². The van der Waals surface area contributed by atoms with E-state index in [9.17, 15) is 9.50 Å². The molecule has 0 saturated carbocycles. The topological polar surface area (TPSA) is 38.7 Å². The summed E-state index contributed by atoms with van der Waals surface area (Å²) in [6.07, 6.45) is -2.58. The summed E-state index contributed by atoms with van der Waals surface area (Å²) in [6.45, 7) is 3.04. The maximum absolute atomic E-state index is 12.6. The van der Waals surface area contributed by atoms with E-state index in [2.05, 4.69) is 0 Å². The lowest BCUT2D eigenvalue weighted by atomic mass is 9.95. The van der Waals surface area contributed by atoms with Crippen LogP contribution in [0.25, 0.3) is 0 Å². The van der Waals surface area contributed by atoms with Crippen molar-refractivity contribution in [2.45, 2.75) is 38.2 Å². The molecule has 0 spiro atoms. The first-order valence-corrected chi connectivity index (χ1v) is 4.21. The number of aliphatic hydroxyl groups excluding tert-OH is 1. The maximum atomic E-state index is 12.6. The van der Waals surface area contributed by atoms with Gasteiger partial charge < -0.3 is 14.6 Å². The Morgan fingerprint density at radius 3 is 2.31 bits per heavy atom. The Labute approximate surface area is 79.6 Å². The summed E-state index contributed by atoms with van der Waals surface area (Å²) < 4.78 is 22.4. The molecule has 0 aromatic rings. The molecule has 0 aliphatic heterocycles. The second-order valence-corrected chi connectivity index (χ2v) is 3.01. The van der Waals surface area contributed by atoms with Crippen LogP contribution in [0.1, 0.15) is 13.8 Å². The Bertz CT molecular complexity index is 133. The smallest absolute Gasteiger partial charge is 0.115 e. The van der Waals surface area contributed by atoms with E-state index in [1.807, 2.05) is 0 Å². The van der Waals surface area contributed by atoms with E-state index in [4.69, 9.17) is 17.3 Å². The van der Waals surface area contributed by atoms with Crippen molar-refractivity contribution in [1.82, 2.24) is 0 Å². The van der Waals surface area contributed by atoms with Gasteiger partial charge in [0.2, 0.25) is 0 Å². The molecule has 13 heavy (non-hydrogen) atoms. The summed E-state index contributed by atoms with van der Waals surface area (Å²) in [5.74, 6) is 0. The van der Waals surface area contributed by atoms with Crippen molar-refractivity contribution >= 4 is 7.85 Å². The quantitative estimate of drug-likeness (QED) is 0.610. The Balaban J connectivity index is 3.94. The van der Waals surface area contributed by atoms with Crippen molar-refractivity contribution in [3.8, 4) is 0 Å². The van der Waals surface area contributed by atoms with E-state index in [1.54, 1.807) is 6.92 Å². The third kappa shape index (κ3) is 5.23. The highest BCUT2D eigenvalue weighted by molar-refractivity contribution is 6.11. The number of rotatable bonds is 6. The van der Waals surface area contributed by atoms with Crippen LogP contribution in [0.3, 0.4) is 0 Å². The predicted molar refractivity (Wildman–Crippen MR) is 48.5 cm³/mol. The molecule has 1 unspecified atom stereocenters. The van der Waals surface area contributed by atoms with E-state index in [-0.39, 0.29) is 6.61 Å². The SMILES string of the molecule is [B]C(O[C@H](COC)[C@@H](C)O)[C@H](C)F. The Hall–Kier alpha value is -0.125. The molecule has 0 aromatic heterocycles. The molecule has 0 saturated heterocycles. The van der Waals surface area contributed by atoms with Crippen molar-refractivity contribution in [2.75, 3.05) is 13.7 Å². The van der Waals surface area contributed by atoms with Gasteiger partial charge in [-0.3, -0.25) is 0 Å². The van der Waals surface area contributed by atoms with Gasteiger partial charge in [0, 0.05) is 13.1 Å². The van der Waals surface area contributed by atoms with E-state index in [0.717, 1.165) is 0 Å². The summed E-state index contributed by atoms with van der Waals surface area (Å²) in [5, 5.41) is 9.19. The van der Waals surface area contributed by atoms with Crippen molar-refractivity contribution < 1.29 is 19.0 Å². The van der Waals surface area contributed by atoms with Gasteiger partial charge >= 0.3 is 0 Å². The molecule has 0 heterocycles. The Kier molecular flexibility index (Phi) is 6.29. The minimum Gasteiger partial charge on any atom is -0.391 e. The fraction of sp³-hybridized carbons (Fsp3) is 1.00. The van der Waals surface area contributed by atoms with E-state index in [1.165, 1.54) is 14.0 Å². The number of aliphatic hydroxyl groups is 1. The number of hydrogen-bond acceptors (Lipinski definition) is 3. The molecule has 2 radical (unpaired) electrons. The van der Waals surface area contributed by atoms with Crippen LogP contribution in [0.4, 0.5) is 4.39 Å². The first-order valence-electron chi connectivity index (χ1n) is 4.21. The summed E-state index contributed by atoms with van der Waals surface area (Å²) in [5.41, 5.74) is 0. The molecular formula is C8H16BFO3. The fourth-order valence-corrected chi connectivity index (χ4v) is 0.767. The molecule has 4 atom stereocenters. The Morgan fingerprint density at radius 2 is 2.00 bits per heavy atom. The van der Waals surface area contributed by atoms with Crippen molar-refractivity contribution in [1.29, 1.82) is 0 Å². The largest absolute Gasteiger partial charge is 0.391 e. The van der Waals surface area contributed by atoms with Crippen LogP contribution in [0.15, 0.2) is 0 Å². The van der Waals surface area contributed by atoms with Crippen molar-refractivity contribution in [3.63, 3.8) is 0 Å². The van der Waals surface area contributed by atoms with E-state index in [0.29, 0.717) is 0 Å². The second kappa shape index (κ2) is 6.35. The number of hydrogen-bond donors (Lipinski definition) is 1. The summed E-state index contributed by atoms with van der Waals surface area (Å²) >= 11 is 0. The minimum absolute atomic E-state index is 0.193. The average Bonchev–Trinajstić information content (AvgIpc) is 2.03. The molecule has 0 aliphatic carbocycles. The van der Waals surface area contributed by atoms with Crippen molar-refractivity contribution in [3.05, 3.63) is 0 Å². The number of ether oxygens (including phenoxy) is 2. The van der Waals surface area contributed by atoms with Gasteiger partial charge in [-0.25, -0.2) is 4.39 Å². The molecule has 1 N–H and O–H groups in total. The molecular weight excluding hydrogens is 174 g/mol. The van der Waals surface area contributed by atoms with E-state index < -0.39 is 24.4 Å². The molecule has 5 heteroatoms. The monoisotopic (exact) mass is 190 g/mol. The van der Waals surface area contributed by atoms with Gasteiger partial charge in [0.15, 0.2) is 0 Å². The predicted octanol–water partition coefficient (Wildman–Crippen LogP) is 0.251. The third-order valence-electron chi connectivity index (χ3n) is 1.65. The Morgan fingerprint density at radius 1 is 1.46 bits per heavy atom. The molecule has 3 nitrogen and oxygen atoms in total. The minimum atomic E-state index is -1.27. The molecule has 0 rings (SSSR count). The highest BCUT2D eigenvalue weighted by Crippen LogP contribution is 2.07. The lowest BCUT2D eigenvalue weighted by Gasteiger charge is -2.25. The highest BCUT2D eigenvalue weighted by atomic mass is 19.1. The van der Waals surface area contributed by atoms with Gasteiger partial charge in [-0.05, 0) is 13.8 Å². The molecule has 0 bridgehead atoms. The van der Waals surface area contributed by atoms with Crippen LogP contribution in [0, 0.1) is 0 Å². The van der Waals surface area contributed by atoms with Crippen LogP contribution in [-0.4, -0.2) is 51.1 Å². The van der Waals surface area contributed by atoms with Gasteiger partial charge in [-0.1, -0.05) is 0 Å². The maximum Gasteiger partial charge on any atom is 0.115 e. The molecule has 0 amide bonds.